The summed E-state index contributed by atoms with van der Waals surface area (Å²) in [5.41, 5.74) is 1.33. The number of aromatic nitrogens is 2. The largest absolute Gasteiger partial charge is 0.497 e. The molecule has 26 heavy (non-hydrogen) atoms. The molecule has 0 bridgehead atoms. The Kier molecular flexibility index (Phi) is 5.86. The van der Waals surface area contributed by atoms with E-state index < -0.39 is 0 Å². The molecule has 5 nitrogen and oxygen atoms in total. The molecular weight excluding hydrogens is 346 g/mol. The third-order valence-corrected chi connectivity index (χ3v) is 4.74. The van der Waals surface area contributed by atoms with Gasteiger partial charge in [0.25, 0.3) is 5.91 Å². The van der Waals surface area contributed by atoms with E-state index in [1.54, 1.807) is 36.7 Å². The van der Waals surface area contributed by atoms with E-state index in [1.165, 1.54) is 11.8 Å². The van der Waals surface area contributed by atoms with Gasteiger partial charge in [0.15, 0.2) is 0 Å². The first-order valence-corrected chi connectivity index (χ1v) is 9.02. The Labute approximate surface area is 157 Å². The van der Waals surface area contributed by atoms with Crippen molar-refractivity contribution in [3.05, 3.63) is 72.7 Å². The monoisotopic (exact) mass is 365 g/mol. The van der Waals surface area contributed by atoms with Crippen molar-refractivity contribution in [1.82, 2.24) is 9.97 Å². The summed E-state index contributed by atoms with van der Waals surface area (Å²) in [5, 5.41) is 0.830. The summed E-state index contributed by atoms with van der Waals surface area (Å²) in [5.74, 6) is 0.729. The zero-order valence-electron chi connectivity index (χ0n) is 14.6. The van der Waals surface area contributed by atoms with Crippen LogP contribution in [0.2, 0.25) is 0 Å². The highest BCUT2D eigenvalue weighted by Gasteiger charge is 2.16. The van der Waals surface area contributed by atoms with Gasteiger partial charge in [-0.3, -0.25) is 9.78 Å². The number of hydrogen-bond donors (Lipinski definition) is 0. The van der Waals surface area contributed by atoms with Crippen molar-refractivity contribution in [2.75, 3.05) is 18.6 Å². The van der Waals surface area contributed by atoms with E-state index in [0.717, 1.165) is 21.4 Å². The number of anilines is 1. The van der Waals surface area contributed by atoms with Crippen LogP contribution in [0.3, 0.4) is 0 Å². The van der Waals surface area contributed by atoms with Gasteiger partial charge in [-0.25, -0.2) is 4.98 Å². The molecule has 0 unspecified atom stereocenters. The summed E-state index contributed by atoms with van der Waals surface area (Å²) in [4.78, 5) is 24.0. The lowest BCUT2D eigenvalue weighted by Gasteiger charge is -2.20. The highest BCUT2D eigenvalue weighted by molar-refractivity contribution is 7.99. The number of hydrogen-bond acceptors (Lipinski definition) is 5. The van der Waals surface area contributed by atoms with Crippen LogP contribution in [0.25, 0.3) is 0 Å². The fourth-order valence-corrected chi connectivity index (χ4v) is 3.20. The molecule has 0 aliphatic carbocycles. The van der Waals surface area contributed by atoms with Crippen LogP contribution >= 0.6 is 11.8 Å². The molecule has 0 atom stereocenters. The molecule has 3 aromatic rings. The van der Waals surface area contributed by atoms with Gasteiger partial charge in [-0.15, -0.1) is 0 Å². The number of rotatable bonds is 6. The minimum Gasteiger partial charge on any atom is -0.497 e. The van der Waals surface area contributed by atoms with Crippen molar-refractivity contribution >= 4 is 23.4 Å². The summed E-state index contributed by atoms with van der Waals surface area (Å²) in [6.07, 6.45) is 4.99. The predicted molar refractivity (Wildman–Crippen MR) is 103 cm³/mol. The summed E-state index contributed by atoms with van der Waals surface area (Å²) in [7, 11) is 1.64. The summed E-state index contributed by atoms with van der Waals surface area (Å²) >= 11 is 1.54. The van der Waals surface area contributed by atoms with Gasteiger partial charge in [0.1, 0.15) is 10.8 Å². The molecule has 1 aromatic carbocycles. The predicted octanol–water partition coefficient (Wildman–Crippen LogP) is 4.30. The van der Waals surface area contributed by atoms with Gasteiger partial charge < -0.3 is 9.64 Å². The number of benzene rings is 1. The highest BCUT2D eigenvalue weighted by atomic mass is 32.2. The van der Waals surface area contributed by atoms with Crippen LogP contribution < -0.4 is 9.64 Å². The Hall–Kier alpha value is -2.86. The van der Waals surface area contributed by atoms with Crippen molar-refractivity contribution in [3.63, 3.8) is 0 Å². The van der Waals surface area contributed by atoms with E-state index in [0.29, 0.717) is 12.1 Å². The Bertz CT molecular complexity index is 852. The van der Waals surface area contributed by atoms with Crippen molar-refractivity contribution in [3.8, 4) is 5.75 Å². The maximum atomic E-state index is 12.8. The Morgan fingerprint density at radius 3 is 2.50 bits per heavy atom. The van der Waals surface area contributed by atoms with Crippen LogP contribution in [0.15, 0.2) is 77.0 Å². The number of methoxy groups -OCH3 is 1. The fourth-order valence-electron chi connectivity index (χ4n) is 2.44. The Morgan fingerprint density at radius 1 is 1.12 bits per heavy atom. The van der Waals surface area contributed by atoms with Crippen LogP contribution in [0.1, 0.15) is 17.3 Å². The molecule has 0 fully saturated rings. The molecule has 0 radical (unpaired) electrons. The molecule has 3 rings (SSSR count). The summed E-state index contributed by atoms with van der Waals surface area (Å²) < 4.78 is 5.16. The quantitative estimate of drug-likeness (QED) is 0.652. The smallest absolute Gasteiger partial charge is 0.259 e. The molecule has 0 aliphatic rings. The first-order valence-electron chi connectivity index (χ1n) is 8.21. The summed E-state index contributed by atoms with van der Waals surface area (Å²) in [6.45, 7) is 2.50. The van der Waals surface area contributed by atoms with Crippen molar-refractivity contribution in [2.45, 2.75) is 16.8 Å². The van der Waals surface area contributed by atoms with Crippen LogP contribution in [-0.2, 0) is 0 Å². The lowest BCUT2D eigenvalue weighted by Crippen LogP contribution is -2.30. The minimum atomic E-state index is -0.0889. The second-order valence-corrected chi connectivity index (χ2v) is 6.52. The second-order valence-electron chi connectivity index (χ2n) is 5.42. The minimum absolute atomic E-state index is 0.0889. The number of amides is 1. The maximum absolute atomic E-state index is 12.8. The van der Waals surface area contributed by atoms with Crippen LogP contribution in [0, 0.1) is 0 Å². The number of carbonyl (C=O) groups is 1. The molecule has 0 N–H and O–H groups in total. The first-order chi connectivity index (χ1) is 12.7. The number of nitrogens with zero attached hydrogens (tertiary/aromatic N) is 3. The molecule has 0 saturated heterocycles. The average molecular weight is 365 g/mol. The van der Waals surface area contributed by atoms with E-state index in [-0.39, 0.29) is 5.91 Å². The molecule has 132 valence electrons. The van der Waals surface area contributed by atoms with Crippen LogP contribution in [0.4, 0.5) is 5.69 Å². The topological polar surface area (TPSA) is 55.3 Å². The van der Waals surface area contributed by atoms with E-state index in [9.17, 15) is 4.79 Å². The number of pyridine rings is 2. The standard InChI is InChI=1S/C20H19N3O2S/c1-3-23(16-5-4-12-21-14-16)20(24)15-6-11-19(22-13-15)26-18-9-7-17(25-2)8-10-18/h4-14H,3H2,1-2H3. The van der Waals surface area contributed by atoms with Gasteiger partial charge >= 0.3 is 0 Å². The highest BCUT2D eigenvalue weighted by Crippen LogP contribution is 2.27. The van der Waals surface area contributed by atoms with Gasteiger partial charge in [0, 0.05) is 23.8 Å². The third-order valence-electron chi connectivity index (χ3n) is 3.78. The van der Waals surface area contributed by atoms with E-state index in [1.807, 2.05) is 49.4 Å². The zero-order valence-corrected chi connectivity index (χ0v) is 15.4. The van der Waals surface area contributed by atoms with Gasteiger partial charge in [0.05, 0.1) is 24.6 Å². The Morgan fingerprint density at radius 2 is 1.92 bits per heavy atom. The molecule has 0 spiro atoms. The van der Waals surface area contributed by atoms with Gasteiger partial charge in [0.2, 0.25) is 0 Å². The molecule has 2 heterocycles. The molecule has 0 saturated carbocycles. The van der Waals surface area contributed by atoms with E-state index >= 15 is 0 Å². The first kappa shape index (κ1) is 17.9. The molecular formula is C20H19N3O2S. The normalized spacial score (nSPS) is 10.4. The van der Waals surface area contributed by atoms with E-state index in [4.69, 9.17) is 4.74 Å². The van der Waals surface area contributed by atoms with Crippen molar-refractivity contribution in [2.24, 2.45) is 0 Å². The molecule has 1 amide bonds. The third kappa shape index (κ3) is 4.21. The van der Waals surface area contributed by atoms with Crippen LogP contribution in [0.5, 0.6) is 5.75 Å². The maximum Gasteiger partial charge on any atom is 0.259 e. The SMILES string of the molecule is CCN(C(=O)c1ccc(Sc2ccc(OC)cc2)nc1)c1cccnc1. The lowest BCUT2D eigenvalue weighted by molar-refractivity contribution is 0.0988. The average Bonchev–Trinajstić information content (AvgIpc) is 2.70. The van der Waals surface area contributed by atoms with Gasteiger partial charge in [-0.1, -0.05) is 11.8 Å². The fraction of sp³-hybridized carbons (Fsp3) is 0.150. The van der Waals surface area contributed by atoms with Gasteiger partial charge in [-0.2, -0.15) is 0 Å². The van der Waals surface area contributed by atoms with Crippen LogP contribution in [-0.4, -0.2) is 29.5 Å². The zero-order chi connectivity index (χ0) is 18.4. The molecule has 6 heteroatoms. The van der Waals surface area contributed by atoms with E-state index in [2.05, 4.69) is 9.97 Å². The van der Waals surface area contributed by atoms with Gasteiger partial charge in [-0.05, 0) is 55.5 Å². The van der Waals surface area contributed by atoms with Crippen molar-refractivity contribution < 1.29 is 9.53 Å². The number of ether oxygens (including phenoxy) is 1. The molecule has 0 aliphatic heterocycles. The number of carbonyl (C=O) groups excluding carboxylic acids is 1. The summed E-state index contributed by atoms with van der Waals surface area (Å²) in [6, 6.07) is 15.1. The second kappa shape index (κ2) is 8.49. The van der Waals surface area contributed by atoms with Crippen molar-refractivity contribution in [1.29, 1.82) is 0 Å². The molecule has 2 aromatic heterocycles. The Balaban J connectivity index is 1.72. The lowest BCUT2D eigenvalue weighted by atomic mass is 10.2.